The summed E-state index contributed by atoms with van der Waals surface area (Å²) in [4.78, 5) is 12.4. The lowest BCUT2D eigenvalue weighted by Gasteiger charge is -2.25. The summed E-state index contributed by atoms with van der Waals surface area (Å²) in [5.74, 6) is -14.4. The van der Waals surface area contributed by atoms with Gasteiger partial charge in [-0.05, 0) is 37.8 Å². The van der Waals surface area contributed by atoms with Crippen LogP contribution in [0.1, 0.15) is 44.7 Å². The summed E-state index contributed by atoms with van der Waals surface area (Å²) in [6.07, 6.45) is 1.48. The number of esters is 1. The van der Waals surface area contributed by atoms with E-state index < -0.39 is 54.6 Å². The second kappa shape index (κ2) is 11.9. The molecule has 0 saturated heterocycles. The number of hydrogen-bond acceptors (Lipinski definition) is 5. The minimum atomic E-state index is -4.98. The van der Waals surface area contributed by atoms with Crippen LogP contribution < -0.4 is 14.1 Å². The number of halogens is 5. The zero-order valence-electron chi connectivity index (χ0n) is 19.9. The Labute approximate surface area is 200 Å². The lowest BCUT2D eigenvalue weighted by Crippen LogP contribution is -2.36. The number of carbonyl (C=O) groups is 1. The van der Waals surface area contributed by atoms with Gasteiger partial charge < -0.3 is 13.8 Å². The van der Waals surface area contributed by atoms with Crippen LogP contribution in [0.5, 0.6) is 11.5 Å². The first-order valence-electron chi connectivity index (χ1n) is 10.9. The van der Waals surface area contributed by atoms with Gasteiger partial charge >= 0.3 is 13.7 Å². The van der Waals surface area contributed by atoms with Gasteiger partial charge in [0, 0.05) is 0 Å². The predicted octanol–water partition coefficient (Wildman–Crippen LogP) is 6.52. The molecule has 35 heavy (non-hydrogen) atoms. The Hall–Kier alpha value is -2.65. The van der Waals surface area contributed by atoms with Crippen molar-refractivity contribution in [3.05, 3.63) is 58.4 Å². The molecule has 12 heteroatoms. The van der Waals surface area contributed by atoms with Gasteiger partial charge in [-0.25, -0.2) is 17.7 Å². The molecule has 0 aromatic heterocycles. The van der Waals surface area contributed by atoms with Crippen molar-refractivity contribution in [3.63, 3.8) is 0 Å². The molecule has 0 amide bonds. The van der Waals surface area contributed by atoms with Gasteiger partial charge in [-0.1, -0.05) is 44.9 Å². The van der Waals surface area contributed by atoms with E-state index in [1.807, 2.05) is 13.8 Å². The third-order valence-electron chi connectivity index (χ3n) is 5.32. The van der Waals surface area contributed by atoms with Gasteiger partial charge in [0.25, 0.3) is 0 Å². The van der Waals surface area contributed by atoms with Crippen LogP contribution in [0.3, 0.4) is 0 Å². The highest BCUT2D eigenvalue weighted by molar-refractivity contribution is 7.52. The van der Waals surface area contributed by atoms with Crippen LogP contribution in [0.25, 0.3) is 0 Å². The van der Waals surface area contributed by atoms with Gasteiger partial charge in [-0.15, -0.1) is 0 Å². The highest BCUT2D eigenvalue weighted by Gasteiger charge is 2.39. The van der Waals surface area contributed by atoms with E-state index in [1.165, 1.54) is 6.92 Å². The number of ether oxygens (including phenoxy) is 1. The smallest absolute Gasteiger partial charge is 0.464 e. The zero-order valence-corrected chi connectivity index (χ0v) is 20.8. The number of rotatable bonds is 11. The molecule has 0 heterocycles. The molecule has 2 atom stereocenters. The molecule has 2 rings (SSSR count). The highest BCUT2D eigenvalue weighted by atomic mass is 31.2. The minimum absolute atomic E-state index is 0.0372. The van der Waals surface area contributed by atoms with Crippen LogP contribution in [-0.2, 0) is 14.1 Å². The van der Waals surface area contributed by atoms with E-state index in [0.29, 0.717) is 11.1 Å². The molecule has 1 unspecified atom stereocenters. The molecule has 0 spiro atoms. The fourth-order valence-electron chi connectivity index (χ4n) is 3.06. The molecule has 6 nitrogen and oxygen atoms in total. The molecular weight excluding hydrogens is 496 g/mol. The van der Waals surface area contributed by atoms with Gasteiger partial charge in [-0.3, -0.25) is 4.79 Å². The van der Waals surface area contributed by atoms with Crippen molar-refractivity contribution in [1.29, 1.82) is 0 Å². The Balaban J connectivity index is 2.45. The normalized spacial score (nSPS) is 13.9. The monoisotopic (exact) mass is 523 g/mol. The van der Waals surface area contributed by atoms with Crippen molar-refractivity contribution < 1.29 is 45.1 Å². The number of carbonyl (C=O) groups excluding carboxylic acids is 1. The molecule has 0 aliphatic carbocycles. The maximum Gasteiger partial charge on any atom is 0.513 e. The lowest BCUT2D eigenvalue weighted by atomic mass is 10.1. The van der Waals surface area contributed by atoms with Crippen LogP contribution in [0.4, 0.5) is 22.0 Å². The van der Waals surface area contributed by atoms with Gasteiger partial charge in [-0.2, -0.15) is 13.9 Å². The van der Waals surface area contributed by atoms with E-state index in [1.54, 1.807) is 32.0 Å². The molecule has 0 saturated carbocycles. The summed E-state index contributed by atoms with van der Waals surface area (Å²) in [5, 5.41) is 2.18. The van der Waals surface area contributed by atoms with E-state index >= 15 is 0 Å². The van der Waals surface area contributed by atoms with E-state index in [-0.39, 0.29) is 18.3 Å². The number of para-hydroxylation sites is 1. The fourth-order valence-corrected chi connectivity index (χ4v) is 4.71. The van der Waals surface area contributed by atoms with Gasteiger partial charge in [0.15, 0.2) is 0 Å². The number of hydrogen-bond donors (Lipinski definition) is 1. The number of aryl methyl sites for hydroxylation is 2. The largest absolute Gasteiger partial charge is 0.513 e. The first kappa shape index (κ1) is 28.6. The van der Waals surface area contributed by atoms with Crippen LogP contribution in [0.15, 0.2) is 18.2 Å². The Kier molecular flexibility index (Phi) is 9.68. The Morgan fingerprint density at radius 2 is 1.34 bits per heavy atom. The minimum Gasteiger partial charge on any atom is -0.464 e. The first-order valence-corrected chi connectivity index (χ1v) is 12.4. The maximum absolute atomic E-state index is 14.3. The third-order valence-corrected chi connectivity index (χ3v) is 6.87. The second-order valence-electron chi connectivity index (χ2n) is 7.96. The molecular formula is C23H27F5NO5P. The Bertz CT molecular complexity index is 1080. The van der Waals surface area contributed by atoms with Crippen molar-refractivity contribution in [1.82, 2.24) is 5.09 Å². The van der Waals surface area contributed by atoms with Crippen molar-refractivity contribution in [3.8, 4) is 11.5 Å². The first-order chi connectivity index (χ1) is 16.3. The predicted molar refractivity (Wildman–Crippen MR) is 119 cm³/mol. The Morgan fingerprint density at radius 3 is 1.83 bits per heavy atom. The molecule has 2 aromatic rings. The van der Waals surface area contributed by atoms with Crippen LogP contribution in [0, 0.1) is 48.9 Å². The summed E-state index contributed by atoms with van der Waals surface area (Å²) < 4.78 is 98.4. The van der Waals surface area contributed by atoms with Crippen molar-refractivity contribution in [2.24, 2.45) is 5.92 Å². The van der Waals surface area contributed by atoms with Gasteiger partial charge in [0.05, 0.1) is 6.61 Å². The zero-order chi connectivity index (χ0) is 26.5. The molecule has 194 valence electrons. The topological polar surface area (TPSA) is 73.9 Å². The average molecular weight is 523 g/mol. The van der Waals surface area contributed by atoms with Crippen LogP contribution >= 0.6 is 7.75 Å². The Morgan fingerprint density at radius 1 is 0.886 bits per heavy atom. The molecule has 1 N–H and O–H groups in total. The standard InChI is InChI=1S/C23H27F5NO5P/c1-6-15(7-2)11-32-23(30)14(5)29-35(31,33-21-12(3)9-8-10-13(21)4)34-22-19(27)17(25)16(24)18(26)20(22)28/h8-10,14-15H,6-7,11H2,1-5H3,(H,29,31)/t14-,35?/m0/s1. The van der Waals surface area contributed by atoms with Gasteiger partial charge in [0.1, 0.15) is 11.8 Å². The quantitative estimate of drug-likeness (QED) is 0.119. The summed E-state index contributed by atoms with van der Waals surface area (Å²) in [7, 11) is -4.98. The van der Waals surface area contributed by atoms with Crippen molar-refractivity contribution in [2.75, 3.05) is 6.61 Å². The van der Waals surface area contributed by atoms with Gasteiger partial charge in [0.2, 0.25) is 34.8 Å². The summed E-state index contributed by atoms with van der Waals surface area (Å²) in [6, 6.07) is 3.39. The molecule has 0 aliphatic heterocycles. The van der Waals surface area contributed by atoms with Crippen LogP contribution in [-0.4, -0.2) is 18.6 Å². The van der Waals surface area contributed by atoms with Crippen molar-refractivity contribution >= 4 is 13.7 Å². The van der Waals surface area contributed by atoms with Crippen LogP contribution in [0.2, 0.25) is 0 Å². The summed E-state index contributed by atoms with van der Waals surface area (Å²) in [6.45, 7) is 8.25. The molecule has 0 radical (unpaired) electrons. The molecule has 0 fully saturated rings. The van der Waals surface area contributed by atoms with E-state index in [2.05, 4.69) is 5.09 Å². The van der Waals surface area contributed by atoms with Crippen molar-refractivity contribution in [2.45, 2.75) is 53.5 Å². The third kappa shape index (κ3) is 6.73. The maximum atomic E-state index is 14.3. The lowest BCUT2D eigenvalue weighted by molar-refractivity contribution is -0.146. The molecule has 0 bridgehead atoms. The van der Waals surface area contributed by atoms with E-state index in [4.69, 9.17) is 13.8 Å². The second-order valence-corrected chi connectivity index (χ2v) is 9.58. The average Bonchev–Trinajstić information content (AvgIpc) is 2.82. The molecule has 2 aromatic carbocycles. The molecule has 0 aliphatic rings. The van der Waals surface area contributed by atoms with E-state index in [0.717, 1.165) is 12.8 Å². The summed E-state index contributed by atoms with van der Waals surface area (Å²) in [5.41, 5.74) is 0.856. The summed E-state index contributed by atoms with van der Waals surface area (Å²) >= 11 is 0. The fraction of sp³-hybridized carbons (Fsp3) is 0.435. The highest BCUT2D eigenvalue weighted by Crippen LogP contribution is 2.49. The van der Waals surface area contributed by atoms with E-state index in [9.17, 15) is 31.3 Å². The number of nitrogens with one attached hydrogen (secondary N) is 1. The SMILES string of the molecule is CCC(CC)COC(=O)[C@H](C)NP(=O)(Oc1c(C)cccc1C)Oc1c(F)c(F)c(F)c(F)c1F. The number of benzene rings is 2.